The smallest absolute Gasteiger partial charge is 0.475 e. The van der Waals surface area contributed by atoms with Crippen LogP contribution in [0.3, 0.4) is 0 Å². The maximum atomic E-state index is 13.8. The number of para-hydroxylation sites is 1. The SMILES string of the molecule is COc1ccc(C[C@H](NC(=O)[C@@H](NC(=O)[C@H](Cc2ccc(OC)cc2)NC(=O)c2cnc3ccccc3c2)C(C)C)B(O)O)cc1. The quantitative estimate of drug-likeness (QED) is 0.134. The van der Waals surface area contributed by atoms with Crippen LogP contribution in [0.1, 0.15) is 35.3 Å². The molecule has 4 rings (SSSR count). The molecular weight excluding hydrogens is 587 g/mol. The van der Waals surface area contributed by atoms with E-state index in [1.165, 1.54) is 6.20 Å². The summed E-state index contributed by atoms with van der Waals surface area (Å²) in [4.78, 5) is 45.0. The first-order chi connectivity index (χ1) is 22.1. The van der Waals surface area contributed by atoms with Crippen molar-refractivity contribution in [2.24, 2.45) is 5.92 Å². The van der Waals surface area contributed by atoms with Crippen molar-refractivity contribution in [1.29, 1.82) is 0 Å². The average molecular weight is 627 g/mol. The fourth-order valence-corrected chi connectivity index (χ4v) is 4.95. The number of hydrogen-bond donors (Lipinski definition) is 5. The van der Waals surface area contributed by atoms with E-state index in [4.69, 9.17) is 9.47 Å². The van der Waals surface area contributed by atoms with Gasteiger partial charge in [0.05, 0.1) is 31.2 Å². The number of fused-ring (bicyclic) bond motifs is 1. The molecule has 0 fully saturated rings. The van der Waals surface area contributed by atoms with Gasteiger partial charge >= 0.3 is 7.12 Å². The first-order valence-electron chi connectivity index (χ1n) is 15.0. The van der Waals surface area contributed by atoms with Crippen LogP contribution < -0.4 is 25.4 Å². The highest BCUT2D eigenvalue weighted by molar-refractivity contribution is 6.43. The Kier molecular flexibility index (Phi) is 11.7. The molecule has 0 radical (unpaired) electrons. The summed E-state index contributed by atoms with van der Waals surface area (Å²) < 4.78 is 10.4. The number of methoxy groups -OCH3 is 2. The summed E-state index contributed by atoms with van der Waals surface area (Å²) in [6.45, 7) is 3.52. The normalized spacial score (nSPS) is 12.9. The van der Waals surface area contributed by atoms with Gasteiger partial charge in [0.2, 0.25) is 11.8 Å². The van der Waals surface area contributed by atoms with Gasteiger partial charge in [-0.1, -0.05) is 56.3 Å². The molecule has 240 valence electrons. The summed E-state index contributed by atoms with van der Waals surface area (Å²) in [5.74, 6) is -1.81. The van der Waals surface area contributed by atoms with Crippen LogP contribution in [0.4, 0.5) is 0 Å². The lowest BCUT2D eigenvalue weighted by atomic mass is 9.75. The molecule has 1 heterocycles. The van der Waals surface area contributed by atoms with E-state index >= 15 is 0 Å². The number of ether oxygens (including phenoxy) is 2. The minimum Gasteiger partial charge on any atom is -0.497 e. The van der Waals surface area contributed by atoms with E-state index in [0.717, 1.165) is 22.0 Å². The highest BCUT2D eigenvalue weighted by atomic mass is 16.5. The number of pyridine rings is 1. The Morgan fingerprint density at radius 3 is 1.93 bits per heavy atom. The molecule has 4 aromatic rings. The van der Waals surface area contributed by atoms with E-state index < -0.39 is 42.9 Å². The zero-order chi connectivity index (χ0) is 33.2. The van der Waals surface area contributed by atoms with Crippen LogP contribution in [0.5, 0.6) is 11.5 Å². The molecule has 0 saturated heterocycles. The van der Waals surface area contributed by atoms with Gasteiger partial charge in [-0.3, -0.25) is 19.4 Å². The second-order valence-electron chi connectivity index (χ2n) is 11.3. The first kappa shape index (κ1) is 33.9. The van der Waals surface area contributed by atoms with Crippen LogP contribution in [0, 0.1) is 5.92 Å². The molecule has 3 aromatic carbocycles. The molecular formula is C34H39BN4O7. The van der Waals surface area contributed by atoms with Gasteiger partial charge in [0.1, 0.15) is 23.6 Å². The maximum absolute atomic E-state index is 13.8. The van der Waals surface area contributed by atoms with Gasteiger partial charge in [-0.2, -0.15) is 0 Å². The van der Waals surface area contributed by atoms with E-state index in [2.05, 4.69) is 20.9 Å². The molecule has 46 heavy (non-hydrogen) atoms. The summed E-state index contributed by atoms with van der Waals surface area (Å²) in [5.41, 5.74) is 2.51. The Labute approximate surface area is 268 Å². The summed E-state index contributed by atoms with van der Waals surface area (Å²) in [7, 11) is 1.24. The molecule has 0 aliphatic carbocycles. The molecule has 3 amide bonds. The fourth-order valence-electron chi connectivity index (χ4n) is 4.95. The molecule has 12 heteroatoms. The van der Waals surface area contributed by atoms with Crippen LogP contribution in [-0.2, 0) is 22.4 Å². The van der Waals surface area contributed by atoms with Crippen molar-refractivity contribution in [3.63, 3.8) is 0 Å². The predicted octanol–water partition coefficient (Wildman–Crippen LogP) is 2.47. The molecule has 0 aliphatic rings. The second kappa shape index (κ2) is 15.9. The zero-order valence-corrected chi connectivity index (χ0v) is 26.3. The van der Waals surface area contributed by atoms with Crippen LogP contribution in [0.15, 0.2) is 85.1 Å². The van der Waals surface area contributed by atoms with E-state index in [1.54, 1.807) is 82.7 Å². The summed E-state index contributed by atoms with van der Waals surface area (Å²) in [5, 5.41) is 29.2. The minimum absolute atomic E-state index is 0.127. The third-order valence-electron chi connectivity index (χ3n) is 7.62. The zero-order valence-electron chi connectivity index (χ0n) is 26.3. The second-order valence-corrected chi connectivity index (χ2v) is 11.3. The highest BCUT2D eigenvalue weighted by Crippen LogP contribution is 2.17. The Hall–Kier alpha value is -4.94. The first-order valence-corrected chi connectivity index (χ1v) is 15.0. The Balaban J connectivity index is 1.52. The van der Waals surface area contributed by atoms with Crippen molar-refractivity contribution >= 4 is 35.7 Å². The van der Waals surface area contributed by atoms with Crippen molar-refractivity contribution in [3.05, 3.63) is 102 Å². The molecule has 0 unspecified atom stereocenters. The number of benzene rings is 3. The topological polar surface area (TPSA) is 159 Å². The third kappa shape index (κ3) is 9.05. The lowest BCUT2D eigenvalue weighted by molar-refractivity contribution is -0.131. The van der Waals surface area contributed by atoms with E-state index in [1.807, 2.05) is 24.3 Å². The molecule has 0 aliphatic heterocycles. The Morgan fingerprint density at radius 2 is 1.37 bits per heavy atom. The van der Waals surface area contributed by atoms with Gasteiger partial charge in [-0.05, 0) is 59.9 Å². The number of nitrogens with one attached hydrogen (secondary N) is 3. The number of carbonyl (C=O) groups excluding carboxylic acids is 3. The summed E-state index contributed by atoms with van der Waals surface area (Å²) >= 11 is 0. The predicted molar refractivity (Wildman–Crippen MR) is 175 cm³/mol. The largest absolute Gasteiger partial charge is 0.497 e. The molecule has 0 saturated carbocycles. The van der Waals surface area contributed by atoms with Crippen LogP contribution in [-0.4, -0.2) is 72.1 Å². The van der Waals surface area contributed by atoms with Crippen LogP contribution >= 0.6 is 0 Å². The Bertz CT molecular complexity index is 1630. The third-order valence-corrected chi connectivity index (χ3v) is 7.62. The average Bonchev–Trinajstić information content (AvgIpc) is 3.06. The lowest BCUT2D eigenvalue weighted by Crippen LogP contribution is -2.59. The number of rotatable bonds is 14. The maximum Gasteiger partial charge on any atom is 0.475 e. The van der Waals surface area contributed by atoms with Crippen molar-refractivity contribution in [2.45, 2.75) is 44.7 Å². The van der Waals surface area contributed by atoms with Gasteiger partial charge in [-0.25, -0.2) is 0 Å². The van der Waals surface area contributed by atoms with Crippen molar-refractivity contribution in [1.82, 2.24) is 20.9 Å². The van der Waals surface area contributed by atoms with E-state index in [0.29, 0.717) is 11.5 Å². The lowest BCUT2D eigenvalue weighted by Gasteiger charge is -2.27. The van der Waals surface area contributed by atoms with Crippen LogP contribution in [0.25, 0.3) is 10.9 Å². The van der Waals surface area contributed by atoms with Crippen LogP contribution in [0.2, 0.25) is 0 Å². The molecule has 5 N–H and O–H groups in total. The number of amides is 3. The van der Waals surface area contributed by atoms with Gasteiger partial charge < -0.3 is 35.5 Å². The number of aromatic nitrogens is 1. The monoisotopic (exact) mass is 626 g/mol. The van der Waals surface area contributed by atoms with E-state index in [9.17, 15) is 24.4 Å². The molecule has 3 atom stereocenters. The van der Waals surface area contributed by atoms with Gasteiger partial charge in [0.25, 0.3) is 5.91 Å². The van der Waals surface area contributed by atoms with Gasteiger partial charge in [-0.15, -0.1) is 0 Å². The number of hydrogen-bond acceptors (Lipinski definition) is 8. The highest BCUT2D eigenvalue weighted by Gasteiger charge is 2.33. The van der Waals surface area contributed by atoms with Crippen molar-refractivity contribution in [2.75, 3.05) is 14.2 Å². The van der Waals surface area contributed by atoms with Crippen molar-refractivity contribution in [3.8, 4) is 11.5 Å². The van der Waals surface area contributed by atoms with Crippen molar-refractivity contribution < 1.29 is 33.9 Å². The summed E-state index contributed by atoms with van der Waals surface area (Å²) in [6, 6.07) is 21.1. The summed E-state index contributed by atoms with van der Waals surface area (Å²) in [6.07, 6.45) is 1.71. The number of nitrogens with zero attached hydrogens (tertiary/aromatic N) is 1. The fraction of sp³-hybridized carbons (Fsp3) is 0.294. The van der Waals surface area contributed by atoms with Gasteiger partial charge in [0, 0.05) is 18.0 Å². The molecule has 11 nitrogen and oxygen atoms in total. The molecule has 1 aromatic heterocycles. The van der Waals surface area contributed by atoms with E-state index in [-0.39, 0.29) is 24.3 Å². The molecule has 0 bridgehead atoms. The molecule has 0 spiro atoms. The van der Waals surface area contributed by atoms with Gasteiger partial charge in [0.15, 0.2) is 0 Å². The number of carbonyl (C=O) groups is 3. The Morgan fingerprint density at radius 1 is 0.783 bits per heavy atom. The standard InChI is InChI=1S/C34H39BN4O7/c1-21(2)31(34(42)38-30(35(43)44)18-23-11-15-27(46-4)16-12-23)39-33(41)29(17-22-9-13-26(45-3)14-10-22)37-32(40)25-19-24-7-5-6-8-28(24)36-20-25/h5-16,19-21,29-31,43-44H,17-18H2,1-4H3,(H,37,40)(H,38,42)(H,39,41)/t29-,30-,31-/m0/s1. The minimum atomic E-state index is -1.85.